The van der Waals surface area contributed by atoms with Gasteiger partial charge in [-0.2, -0.15) is 0 Å². The number of carbonyl (C=O) groups is 2. The molecule has 0 heterocycles. The van der Waals surface area contributed by atoms with Crippen molar-refractivity contribution in [2.45, 2.75) is 33.6 Å². The first-order valence-electron chi connectivity index (χ1n) is 7.60. The maximum atomic E-state index is 12.4. The van der Waals surface area contributed by atoms with Crippen LogP contribution < -0.4 is 0 Å². The summed E-state index contributed by atoms with van der Waals surface area (Å²) in [4.78, 5) is 27.0. The molecule has 0 aromatic carbocycles. The first kappa shape index (κ1) is 19.6. The number of amides is 1. The molecule has 0 bridgehead atoms. The Labute approximate surface area is 128 Å². The SMILES string of the molecule is CC.CC(=O)OCC1CC=CCC1C(=O)N(C)CN(C)C. The second-order valence-electron chi connectivity index (χ2n) is 5.37. The minimum atomic E-state index is -0.289. The predicted molar refractivity (Wildman–Crippen MR) is 84.7 cm³/mol. The van der Waals surface area contributed by atoms with E-state index >= 15 is 0 Å². The van der Waals surface area contributed by atoms with Gasteiger partial charge in [0.2, 0.25) is 5.91 Å². The Morgan fingerprint density at radius 1 is 1.14 bits per heavy atom. The number of rotatable bonds is 5. The fourth-order valence-corrected chi connectivity index (χ4v) is 2.36. The number of hydrogen-bond donors (Lipinski definition) is 0. The second kappa shape index (κ2) is 10.4. The van der Waals surface area contributed by atoms with Crippen molar-refractivity contribution in [2.24, 2.45) is 11.8 Å². The van der Waals surface area contributed by atoms with Gasteiger partial charge in [0.05, 0.1) is 13.3 Å². The van der Waals surface area contributed by atoms with Crippen LogP contribution in [0.15, 0.2) is 12.2 Å². The number of allylic oxidation sites excluding steroid dienone is 2. The van der Waals surface area contributed by atoms with Gasteiger partial charge in [-0.05, 0) is 26.9 Å². The highest BCUT2D eigenvalue weighted by atomic mass is 16.5. The molecular weight excluding hydrogens is 268 g/mol. The zero-order chi connectivity index (χ0) is 16.4. The lowest BCUT2D eigenvalue weighted by atomic mass is 9.82. The van der Waals surface area contributed by atoms with Crippen molar-refractivity contribution in [3.05, 3.63) is 12.2 Å². The first-order chi connectivity index (χ1) is 9.91. The summed E-state index contributed by atoms with van der Waals surface area (Å²) in [6.07, 6.45) is 5.61. The Bertz CT molecular complexity index is 353. The largest absolute Gasteiger partial charge is 0.466 e. The molecule has 0 fully saturated rings. The van der Waals surface area contributed by atoms with Gasteiger partial charge in [-0.3, -0.25) is 14.5 Å². The maximum Gasteiger partial charge on any atom is 0.302 e. The van der Waals surface area contributed by atoms with Crippen LogP contribution in [0.3, 0.4) is 0 Å². The third-order valence-electron chi connectivity index (χ3n) is 3.25. The van der Waals surface area contributed by atoms with Crippen molar-refractivity contribution < 1.29 is 14.3 Å². The summed E-state index contributed by atoms with van der Waals surface area (Å²) in [7, 11) is 5.67. The average Bonchev–Trinajstić information content (AvgIpc) is 2.46. The summed E-state index contributed by atoms with van der Waals surface area (Å²) in [6.45, 7) is 6.32. The highest BCUT2D eigenvalue weighted by Gasteiger charge is 2.31. The van der Waals surface area contributed by atoms with E-state index in [4.69, 9.17) is 4.74 Å². The van der Waals surface area contributed by atoms with Crippen LogP contribution in [-0.4, -0.2) is 56.1 Å². The minimum absolute atomic E-state index is 0.0886. The van der Waals surface area contributed by atoms with Gasteiger partial charge in [0.15, 0.2) is 0 Å². The van der Waals surface area contributed by atoms with E-state index in [1.54, 1.807) is 4.90 Å². The van der Waals surface area contributed by atoms with Crippen molar-refractivity contribution in [1.82, 2.24) is 9.80 Å². The average molecular weight is 298 g/mol. The van der Waals surface area contributed by atoms with Gasteiger partial charge >= 0.3 is 5.97 Å². The molecule has 21 heavy (non-hydrogen) atoms. The number of ether oxygens (including phenoxy) is 1. The van der Waals surface area contributed by atoms with Crippen LogP contribution in [0, 0.1) is 11.8 Å². The second-order valence-corrected chi connectivity index (χ2v) is 5.37. The smallest absolute Gasteiger partial charge is 0.302 e. The number of hydrogen-bond acceptors (Lipinski definition) is 4. The molecule has 2 atom stereocenters. The molecule has 0 N–H and O–H groups in total. The zero-order valence-corrected chi connectivity index (χ0v) is 14.3. The molecule has 5 heteroatoms. The lowest BCUT2D eigenvalue weighted by molar-refractivity contribution is -0.146. The highest BCUT2D eigenvalue weighted by molar-refractivity contribution is 5.79. The van der Waals surface area contributed by atoms with E-state index in [0.717, 1.165) is 12.8 Å². The van der Waals surface area contributed by atoms with E-state index in [0.29, 0.717) is 13.3 Å². The van der Waals surface area contributed by atoms with Gasteiger partial charge in [-0.1, -0.05) is 26.0 Å². The molecule has 0 saturated heterocycles. The highest BCUT2D eigenvalue weighted by Crippen LogP contribution is 2.27. The Hall–Kier alpha value is -1.36. The Morgan fingerprint density at radius 2 is 1.71 bits per heavy atom. The van der Waals surface area contributed by atoms with Crippen LogP contribution in [0.1, 0.15) is 33.6 Å². The summed E-state index contributed by atoms with van der Waals surface area (Å²) in [5.41, 5.74) is 0. The summed E-state index contributed by atoms with van der Waals surface area (Å²) in [5.74, 6) is -0.169. The van der Waals surface area contributed by atoms with E-state index < -0.39 is 0 Å². The number of esters is 1. The topological polar surface area (TPSA) is 49.9 Å². The number of nitrogens with zero attached hydrogens (tertiary/aromatic N) is 2. The fourth-order valence-electron chi connectivity index (χ4n) is 2.36. The zero-order valence-electron chi connectivity index (χ0n) is 14.3. The van der Waals surface area contributed by atoms with Gasteiger partial charge in [-0.15, -0.1) is 0 Å². The number of carbonyl (C=O) groups excluding carboxylic acids is 2. The summed E-state index contributed by atoms with van der Waals surface area (Å²) < 4.78 is 5.07. The maximum absolute atomic E-state index is 12.4. The molecule has 1 rings (SSSR count). The van der Waals surface area contributed by atoms with Crippen molar-refractivity contribution in [1.29, 1.82) is 0 Å². The third kappa shape index (κ3) is 7.27. The fraction of sp³-hybridized carbons (Fsp3) is 0.750. The Morgan fingerprint density at radius 3 is 2.24 bits per heavy atom. The lowest BCUT2D eigenvalue weighted by Gasteiger charge is -2.31. The Kier molecular flexibility index (Phi) is 9.71. The molecule has 122 valence electrons. The van der Waals surface area contributed by atoms with Gasteiger partial charge in [-0.25, -0.2) is 0 Å². The molecule has 2 unspecified atom stereocenters. The van der Waals surface area contributed by atoms with Crippen LogP contribution in [0.25, 0.3) is 0 Å². The molecule has 0 saturated carbocycles. The summed E-state index contributed by atoms with van der Waals surface area (Å²) in [5, 5.41) is 0. The molecule has 0 aromatic rings. The normalized spacial score (nSPS) is 20.5. The first-order valence-corrected chi connectivity index (χ1v) is 7.60. The monoisotopic (exact) mass is 298 g/mol. The van der Waals surface area contributed by atoms with Gasteiger partial charge < -0.3 is 9.64 Å². The molecule has 5 nitrogen and oxygen atoms in total. The van der Waals surface area contributed by atoms with E-state index in [2.05, 4.69) is 6.08 Å². The quantitative estimate of drug-likeness (QED) is 0.443. The summed E-state index contributed by atoms with van der Waals surface area (Å²) >= 11 is 0. The third-order valence-corrected chi connectivity index (χ3v) is 3.25. The molecule has 1 amide bonds. The molecular formula is C16H30N2O3. The van der Waals surface area contributed by atoms with Gasteiger partial charge in [0.1, 0.15) is 0 Å². The lowest BCUT2D eigenvalue weighted by Crippen LogP contribution is -2.42. The van der Waals surface area contributed by atoms with Gasteiger partial charge in [0.25, 0.3) is 0 Å². The van der Waals surface area contributed by atoms with Crippen LogP contribution >= 0.6 is 0 Å². The van der Waals surface area contributed by atoms with Crippen molar-refractivity contribution >= 4 is 11.9 Å². The molecule has 1 aliphatic rings. The van der Waals surface area contributed by atoms with Gasteiger partial charge in [0, 0.05) is 25.8 Å². The van der Waals surface area contributed by atoms with E-state index in [1.165, 1.54) is 6.92 Å². The van der Waals surface area contributed by atoms with Crippen molar-refractivity contribution in [3.8, 4) is 0 Å². The standard InChI is InChI=1S/C14H24N2O3.C2H6/c1-11(17)19-9-12-7-5-6-8-13(12)14(18)16(4)10-15(2)3;1-2/h5-6,12-13H,7-10H2,1-4H3;1-2H3. The summed E-state index contributed by atoms with van der Waals surface area (Å²) in [6, 6.07) is 0. The predicted octanol–water partition coefficient (Wildman–Crippen LogP) is 2.14. The van der Waals surface area contributed by atoms with Crippen LogP contribution in [-0.2, 0) is 14.3 Å². The van der Waals surface area contributed by atoms with Crippen LogP contribution in [0.4, 0.5) is 0 Å². The van der Waals surface area contributed by atoms with Crippen molar-refractivity contribution in [3.63, 3.8) is 0 Å². The molecule has 0 spiro atoms. The Balaban J connectivity index is 0.00000191. The minimum Gasteiger partial charge on any atom is -0.466 e. The van der Waals surface area contributed by atoms with E-state index in [1.807, 2.05) is 46.0 Å². The van der Waals surface area contributed by atoms with Crippen LogP contribution in [0.5, 0.6) is 0 Å². The molecule has 0 aromatic heterocycles. The van der Waals surface area contributed by atoms with E-state index in [-0.39, 0.29) is 23.7 Å². The van der Waals surface area contributed by atoms with Crippen molar-refractivity contribution in [2.75, 3.05) is 34.4 Å². The molecule has 0 radical (unpaired) electrons. The molecule has 1 aliphatic carbocycles. The van der Waals surface area contributed by atoms with Crippen LogP contribution in [0.2, 0.25) is 0 Å². The molecule has 0 aliphatic heterocycles. The van der Waals surface area contributed by atoms with E-state index in [9.17, 15) is 9.59 Å².